The molecule has 2 saturated heterocycles. The fourth-order valence-corrected chi connectivity index (χ4v) is 4.27. The van der Waals surface area contributed by atoms with Gasteiger partial charge >= 0.3 is 0 Å². The average Bonchev–Trinajstić information content (AvgIpc) is 3.35. The van der Waals surface area contributed by atoms with Crippen LogP contribution in [-0.2, 0) is 18.4 Å². The molecule has 0 aromatic carbocycles. The third-order valence-electron chi connectivity index (χ3n) is 5.68. The van der Waals surface area contributed by atoms with Crippen molar-refractivity contribution < 1.29 is 4.79 Å². The zero-order valence-corrected chi connectivity index (χ0v) is 17.4. The van der Waals surface area contributed by atoms with E-state index in [4.69, 9.17) is 0 Å². The van der Waals surface area contributed by atoms with E-state index in [1.54, 1.807) is 0 Å². The number of amides is 1. The van der Waals surface area contributed by atoms with Crippen LogP contribution in [-0.4, -0.2) is 55.8 Å². The van der Waals surface area contributed by atoms with Crippen LogP contribution in [0, 0.1) is 12.8 Å². The molecule has 9 heteroatoms. The highest BCUT2D eigenvalue weighted by molar-refractivity contribution is 5.85. The first-order valence-corrected chi connectivity index (χ1v) is 9.11. The molecule has 1 amide bonds. The summed E-state index contributed by atoms with van der Waals surface area (Å²) in [6.45, 7) is 5.33. The SMILES string of the molecule is Cc1nccn1CC1CCCN1C(=O)[C@H]1CNC[C@@H]1c1cnn(C)c1.Cl.Cl. The number of aromatic nitrogens is 4. The lowest BCUT2D eigenvalue weighted by molar-refractivity contribution is -0.136. The van der Waals surface area contributed by atoms with E-state index in [0.717, 1.165) is 50.4 Å². The summed E-state index contributed by atoms with van der Waals surface area (Å²) in [5, 5.41) is 7.69. The Morgan fingerprint density at radius 1 is 1.33 bits per heavy atom. The normalized spacial score (nSPS) is 24.5. The molecule has 4 heterocycles. The van der Waals surface area contributed by atoms with Crippen molar-refractivity contribution in [3.05, 3.63) is 36.2 Å². The molecule has 2 fully saturated rings. The first-order valence-electron chi connectivity index (χ1n) is 9.11. The first kappa shape index (κ1) is 21.7. The Morgan fingerprint density at radius 2 is 2.15 bits per heavy atom. The molecule has 2 aliphatic heterocycles. The summed E-state index contributed by atoms with van der Waals surface area (Å²) < 4.78 is 3.97. The minimum Gasteiger partial charge on any atom is -0.338 e. The number of aryl methyl sites for hydroxylation is 2. The van der Waals surface area contributed by atoms with Crippen molar-refractivity contribution in [2.75, 3.05) is 19.6 Å². The lowest BCUT2D eigenvalue weighted by Gasteiger charge is -2.29. The molecular weight excluding hydrogens is 387 g/mol. The Balaban J connectivity index is 0.00000131. The highest BCUT2D eigenvalue weighted by Gasteiger charge is 2.40. The van der Waals surface area contributed by atoms with Crippen molar-refractivity contribution in [1.29, 1.82) is 0 Å². The van der Waals surface area contributed by atoms with Crippen LogP contribution in [0.4, 0.5) is 0 Å². The Morgan fingerprint density at radius 3 is 2.81 bits per heavy atom. The molecule has 27 heavy (non-hydrogen) atoms. The van der Waals surface area contributed by atoms with Gasteiger partial charge in [0.1, 0.15) is 5.82 Å². The Bertz CT molecular complexity index is 761. The number of rotatable bonds is 4. The number of hydrogen-bond donors (Lipinski definition) is 1. The van der Waals surface area contributed by atoms with Gasteiger partial charge in [-0.05, 0) is 25.3 Å². The van der Waals surface area contributed by atoms with E-state index in [1.807, 2.05) is 43.4 Å². The van der Waals surface area contributed by atoms with E-state index in [2.05, 4.69) is 24.9 Å². The quantitative estimate of drug-likeness (QED) is 0.827. The van der Waals surface area contributed by atoms with Crippen molar-refractivity contribution >= 4 is 30.7 Å². The molecule has 2 aliphatic rings. The maximum absolute atomic E-state index is 13.3. The molecule has 1 N–H and O–H groups in total. The Labute approximate surface area is 172 Å². The second-order valence-electron chi connectivity index (χ2n) is 7.27. The van der Waals surface area contributed by atoms with Gasteiger partial charge in [-0.1, -0.05) is 0 Å². The number of carbonyl (C=O) groups excluding carboxylic acids is 1. The van der Waals surface area contributed by atoms with Crippen molar-refractivity contribution in [3.63, 3.8) is 0 Å². The fourth-order valence-electron chi connectivity index (χ4n) is 4.27. The maximum Gasteiger partial charge on any atom is 0.227 e. The summed E-state index contributed by atoms with van der Waals surface area (Å²) in [5.74, 6) is 1.53. The summed E-state index contributed by atoms with van der Waals surface area (Å²) in [6.07, 6.45) is 9.92. The van der Waals surface area contributed by atoms with E-state index in [-0.39, 0.29) is 42.7 Å². The number of imidazole rings is 1. The van der Waals surface area contributed by atoms with Gasteiger partial charge in [0, 0.05) is 63.8 Å². The van der Waals surface area contributed by atoms with Gasteiger partial charge in [-0.25, -0.2) is 4.98 Å². The number of nitrogens with one attached hydrogen (secondary N) is 1. The van der Waals surface area contributed by atoms with E-state index in [1.165, 1.54) is 0 Å². The highest BCUT2D eigenvalue weighted by atomic mass is 35.5. The minimum atomic E-state index is 0. The van der Waals surface area contributed by atoms with E-state index in [0.29, 0.717) is 5.91 Å². The predicted octanol–water partition coefficient (Wildman–Crippen LogP) is 1.76. The fraction of sp³-hybridized carbons (Fsp3) is 0.611. The van der Waals surface area contributed by atoms with Gasteiger partial charge in [0.05, 0.1) is 12.1 Å². The van der Waals surface area contributed by atoms with Crippen LogP contribution < -0.4 is 5.32 Å². The number of halogens is 2. The third-order valence-corrected chi connectivity index (χ3v) is 5.68. The summed E-state index contributed by atoms with van der Waals surface area (Å²) in [5.41, 5.74) is 1.16. The predicted molar refractivity (Wildman–Crippen MR) is 109 cm³/mol. The summed E-state index contributed by atoms with van der Waals surface area (Å²) >= 11 is 0. The summed E-state index contributed by atoms with van der Waals surface area (Å²) in [4.78, 5) is 19.7. The zero-order valence-electron chi connectivity index (χ0n) is 15.7. The van der Waals surface area contributed by atoms with Crippen LogP contribution >= 0.6 is 24.8 Å². The molecule has 3 atom stereocenters. The van der Waals surface area contributed by atoms with Crippen LogP contribution in [0.2, 0.25) is 0 Å². The highest BCUT2D eigenvalue weighted by Crippen LogP contribution is 2.32. The van der Waals surface area contributed by atoms with Crippen LogP contribution in [0.1, 0.15) is 30.1 Å². The molecule has 2 aromatic heterocycles. The number of carbonyl (C=O) groups is 1. The molecule has 0 spiro atoms. The average molecular weight is 415 g/mol. The first-order chi connectivity index (χ1) is 12.1. The Hall–Kier alpha value is -1.57. The zero-order chi connectivity index (χ0) is 17.4. The van der Waals surface area contributed by atoms with Gasteiger partial charge in [0.15, 0.2) is 0 Å². The lowest BCUT2D eigenvalue weighted by atomic mass is 9.89. The standard InChI is InChI=1S/C18H26N6O.2ClH/c1-13-20-5-7-23(13)12-15-4-3-6-24(15)18(25)17-10-19-9-16(17)14-8-21-22(2)11-14;;/h5,7-8,11,15-17,19H,3-4,6,9-10,12H2,1-2H3;2*1H/t15?,16-,17+;;/m1../s1. The van der Waals surface area contributed by atoms with Gasteiger partial charge in [-0.2, -0.15) is 5.10 Å². The van der Waals surface area contributed by atoms with Crippen molar-refractivity contribution in [3.8, 4) is 0 Å². The molecule has 2 aromatic rings. The van der Waals surface area contributed by atoms with Gasteiger partial charge in [0.25, 0.3) is 0 Å². The second kappa shape index (κ2) is 9.08. The molecule has 1 unspecified atom stereocenters. The van der Waals surface area contributed by atoms with Crippen molar-refractivity contribution in [1.82, 2.24) is 29.5 Å². The molecule has 0 bridgehead atoms. The minimum absolute atomic E-state index is 0. The van der Waals surface area contributed by atoms with E-state index >= 15 is 0 Å². The van der Waals surface area contributed by atoms with Crippen LogP contribution in [0.3, 0.4) is 0 Å². The summed E-state index contributed by atoms with van der Waals surface area (Å²) in [7, 11) is 1.92. The second-order valence-corrected chi connectivity index (χ2v) is 7.27. The number of hydrogen-bond acceptors (Lipinski definition) is 4. The van der Waals surface area contributed by atoms with Crippen molar-refractivity contribution in [2.45, 2.75) is 38.3 Å². The summed E-state index contributed by atoms with van der Waals surface area (Å²) in [6, 6.07) is 0.274. The smallest absolute Gasteiger partial charge is 0.227 e. The molecule has 4 rings (SSSR count). The van der Waals surface area contributed by atoms with Gasteiger partial charge in [-0.3, -0.25) is 9.48 Å². The Kier molecular flexibility index (Phi) is 7.31. The molecule has 0 radical (unpaired) electrons. The monoisotopic (exact) mass is 414 g/mol. The molecule has 0 aliphatic carbocycles. The van der Waals surface area contributed by atoms with Gasteiger partial charge in [-0.15, -0.1) is 24.8 Å². The maximum atomic E-state index is 13.3. The molecule has 0 saturated carbocycles. The van der Waals surface area contributed by atoms with Crippen LogP contribution in [0.5, 0.6) is 0 Å². The number of likely N-dealkylation sites (tertiary alicyclic amines) is 1. The van der Waals surface area contributed by atoms with Crippen molar-refractivity contribution in [2.24, 2.45) is 13.0 Å². The van der Waals surface area contributed by atoms with Crippen LogP contribution in [0.15, 0.2) is 24.8 Å². The van der Waals surface area contributed by atoms with E-state index < -0.39 is 0 Å². The van der Waals surface area contributed by atoms with Crippen LogP contribution in [0.25, 0.3) is 0 Å². The largest absolute Gasteiger partial charge is 0.338 e. The van der Waals surface area contributed by atoms with Gasteiger partial charge in [0.2, 0.25) is 5.91 Å². The lowest BCUT2D eigenvalue weighted by Crippen LogP contribution is -2.43. The molecular formula is C18H28Cl2N6O. The molecule has 150 valence electrons. The topological polar surface area (TPSA) is 68.0 Å². The number of nitrogens with zero attached hydrogens (tertiary/aromatic N) is 5. The van der Waals surface area contributed by atoms with E-state index in [9.17, 15) is 4.79 Å². The third kappa shape index (κ3) is 4.31. The van der Waals surface area contributed by atoms with Gasteiger partial charge < -0.3 is 14.8 Å². The molecule has 7 nitrogen and oxygen atoms in total.